The van der Waals surface area contributed by atoms with Crippen molar-refractivity contribution in [3.63, 3.8) is 0 Å². The number of amides is 1. The summed E-state index contributed by atoms with van der Waals surface area (Å²) >= 11 is 0. The van der Waals surface area contributed by atoms with Gasteiger partial charge in [-0.1, -0.05) is 44.4 Å². The van der Waals surface area contributed by atoms with Crippen molar-refractivity contribution in [2.45, 2.75) is 57.4 Å². The van der Waals surface area contributed by atoms with E-state index in [2.05, 4.69) is 33.5 Å². The predicted octanol–water partition coefficient (Wildman–Crippen LogP) is 3.76. The third-order valence-corrected chi connectivity index (χ3v) is 6.26. The molecule has 7 heteroatoms. The number of halogens is 1. The Bertz CT molecular complexity index is 706. The maximum atomic E-state index is 12.8. The quantitative estimate of drug-likeness (QED) is 0.335. The lowest BCUT2D eigenvalue weighted by molar-refractivity contribution is -0.135. The molecule has 1 aliphatic heterocycles. The maximum absolute atomic E-state index is 12.8. The third kappa shape index (κ3) is 6.49. The van der Waals surface area contributed by atoms with Crippen LogP contribution in [0.4, 0.5) is 0 Å². The molecule has 2 fully saturated rings. The zero-order valence-electron chi connectivity index (χ0n) is 18.5. The van der Waals surface area contributed by atoms with Crippen LogP contribution in [-0.4, -0.2) is 56.6 Å². The highest BCUT2D eigenvalue weighted by Gasteiger charge is 2.31. The molecule has 0 bridgehead atoms. The molecule has 1 saturated heterocycles. The van der Waals surface area contributed by atoms with Gasteiger partial charge in [0.05, 0.1) is 7.11 Å². The lowest BCUT2D eigenvalue weighted by atomic mass is 9.88. The van der Waals surface area contributed by atoms with Gasteiger partial charge < -0.3 is 20.3 Å². The lowest BCUT2D eigenvalue weighted by Crippen LogP contribution is -2.46. The van der Waals surface area contributed by atoms with Crippen LogP contribution in [0, 0.1) is 5.92 Å². The van der Waals surface area contributed by atoms with Crippen molar-refractivity contribution in [2.24, 2.45) is 10.9 Å². The molecule has 1 saturated carbocycles. The molecule has 30 heavy (non-hydrogen) atoms. The minimum atomic E-state index is 0. The van der Waals surface area contributed by atoms with Crippen molar-refractivity contribution < 1.29 is 9.53 Å². The molecular weight excluding hydrogens is 491 g/mol. The number of methoxy groups -OCH3 is 1. The van der Waals surface area contributed by atoms with Crippen LogP contribution in [0.15, 0.2) is 29.3 Å². The number of para-hydroxylation sites is 1. The fraction of sp³-hybridized carbons (Fsp3) is 0.652. The second-order valence-corrected chi connectivity index (χ2v) is 8.35. The summed E-state index contributed by atoms with van der Waals surface area (Å²) in [6, 6.07) is 8.39. The number of nitrogens with zero attached hydrogens (tertiary/aromatic N) is 2. The van der Waals surface area contributed by atoms with E-state index in [0.717, 1.165) is 50.6 Å². The fourth-order valence-corrected chi connectivity index (χ4v) is 4.51. The van der Waals surface area contributed by atoms with E-state index in [-0.39, 0.29) is 41.9 Å². The largest absolute Gasteiger partial charge is 0.496 e. The number of nitrogens with one attached hydrogen (secondary N) is 2. The van der Waals surface area contributed by atoms with Crippen LogP contribution in [0.25, 0.3) is 0 Å². The minimum Gasteiger partial charge on any atom is -0.496 e. The molecular formula is C23H37IN4O2. The average molecular weight is 528 g/mol. The van der Waals surface area contributed by atoms with Crippen LogP contribution in [0.2, 0.25) is 0 Å². The van der Waals surface area contributed by atoms with Crippen LogP contribution in [0.5, 0.6) is 5.75 Å². The minimum absolute atomic E-state index is 0. The lowest BCUT2D eigenvalue weighted by Gasteiger charge is -2.26. The van der Waals surface area contributed by atoms with Gasteiger partial charge >= 0.3 is 0 Å². The summed E-state index contributed by atoms with van der Waals surface area (Å²) in [6.45, 7) is 4.56. The van der Waals surface area contributed by atoms with Gasteiger partial charge in [-0.05, 0) is 30.9 Å². The zero-order valence-corrected chi connectivity index (χ0v) is 20.9. The number of guanidine groups is 1. The van der Waals surface area contributed by atoms with Gasteiger partial charge in [0.15, 0.2) is 5.96 Å². The van der Waals surface area contributed by atoms with Gasteiger partial charge in [0.1, 0.15) is 5.75 Å². The van der Waals surface area contributed by atoms with Crippen molar-refractivity contribution >= 4 is 35.8 Å². The molecule has 2 unspecified atom stereocenters. The number of hydrogen-bond donors (Lipinski definition) is 2. The second-order valence-electron chi connectivity index (χ2n) is 8.35. The number of carbonyl (C=O) groups is 1. The standard InChI is InChI=1S/C23H36N4O2.HI/c1-17(20-11-7-8-12-21(20)29-3)15-25-23(24-2)26-19-13-14-27(16-19)22(28)18-9-5-4-6-10-18;/h7-8,11-12,17-19H,4-6,9-10,13-16H2,1-3H3,(H2,24,25,26);1H. The molecule has 3 rings (SSSR count). The molecule has 2 atom stereocenters. The fourth-order valence-electron chi connectivity index (χ4n) is 4.51. The first-order valence-corrected chi connectivity index (χ1v) is 11.0. The highest BCUT2D eigenvalue weighted by Crippen LogP contribution is 2.27. The number of likely N-dealkylation sites (tertiary alicyclic amines) is 1. The van der Waals surface area contributed by atoms with E-state index < -0.39 is 0 Å². The Morgan fingerprint density at radius 1 is 1.23 bits per heavy atom. The molecule has 1 heterocycles. The SMILES string of the molecule is CN=C(NCC(C)c1ccccc1OC)NC1CCN(C(=O)C2CCCCC2)C1.I. The molecule has 0 aromatic heterocycles. The van der Waals surface area contributed by atoms with Crippen molar-refractivity contribution in [3.8, 4) is 5.75 Å². The van der Waals surface area contributed by atoms with E-state index in [4.69, 9.17) is 4.74 Å². The Balaban J connectivity index is 0.00000320. The van der Waals surface area contributed by atoms with Crippen molar-refractivity contribution in [3.05, 3.63) is 29.8 Å². The summed E-state index contributed by atoms with van der Waals surface area (Å²) in [5.41, 5.74) is 1.18. The van der Waals surface area contributed by atoms with Gasteiger partial charge in [0, 0.05) is 44.6 Å². The van der Waals surface area contributed by atoms with E-state index in [1.54, 1.807) is 14.2 Å². The molecule has 0 spiro atoms. The molecule has 1 aliphatic carbocycles. The smallest absolute Gasteiger partial charge is 0.225 e. The Morgan fingerprint density at radius 2 is 1.97 bits per heavy atom. The molecule has 6 nitrogen and oxygen atoms in total. The van der Waals surface area contributed by atoms with Crippen LogP contribution in [0.3, 0.4) is 0 Å². The Kier molecular flexibility index (Phi) is 10.2. The van der Waals surface area contributed by atoms with Gasteiger partial charge in [0.2, 0.25) is 5.91 Å². The van der Waals surface area contributed by atoms with Gasteiger partial charge in [0.25, 0.3) is 0 Å². The molecule has 0 radical (unpaired) electrons. The number of carbonyl (C=O) groups excluding carboxylic acids is 1. The first kappa shape index (κ1) is 24.8. The van der Waals surface area contributed by atoms with Gasteiger partial charge in [-0.3, -0.25) is 9.79 Å². The monoisotopic (exact) mass is 528 g/mol. The molecule has 168 valence electrons. The Labute approximate surface area is 198 Å². The van der Waals surface area contributed by atoms with Crippen LogP contribution >= 0.6 is 24.0 Å². The third-order valence-electron chi connectivity index (χ3n) is 6.26. The highest BCUT2D eigenvalue weighted by molar-refractivity contribution is 14.0. The molecule has 1 aromatic carbocycles. The molecule has 2 N–H and O–H groups in total. The summed E-state index contributed by atoms with van der Waals surface area (Å²) in [6.07, 6.45) is 6.79. The van der Waals surface area contributed by atoms with Gasteiger partial charge in [-0.25, -0.2) is 0 Å². The first-order chi connectivity index (χ1) is 14.1. The summed E-state index contributed by atoms with van der Waals surface area (Å²) < 4.78 is 5.48. The first-order valence-electron chi connectivity index (χ1n) is 11.0. The number of hydrogen-bond acceptors (Lipinski definition) is 3. The highest BCUT2D eigenvalue weighted by atomic mass is 127. The Morgan fingerprint density at radius 3 is 2.67 bits per heavy atom. The topological polar surface area (TPSA) is 66.0 Å². The van der Waals surface area contributed by atoms with E-state index in [9.17, 15) is 4.79 Å². The maximum Gasteiger partial charge on any atom is 0.225 e. The van der Waals surface area contributed by atoms with Crippen molar-refractivity contribution in [2.75, 3.05) is 33.8 Å². The second kappa shape index (κ2) is 12.4. The molecule has 2 aliphatic rings. The van der Waals surface area contributed by atoms with E-state index in [0.29, 0.717) is 5.91 Å². The van der Waals surface area contributed by atoms with Gasteiger partial charge in [-0.2, -0.15) is 0 Å². The Hall–Kier alpha value is -1.51. The van der Waals surface area contributed by atoms with Crippen LogP contribution < -0.4 is 15.4 Å². The van der Waals surface area contributed by atoms with Crippen LogP contribution in [0.1, 0.15) is 56.9 Å². The van der Waals surface area contributed by atoms with Gasteiger partial charge in [-0.15, -0.1) is 24.0 Å². The number of aliphatic imine (C=N–C) groups is 1. The van der Waals surface area contributed by atoms with E-state index in [1.165, 1.54) is 24.8 Å². The zero-order chi connectivity index (χ0) is 20.6. The van der Waals surface area contributed by atoms with Crippen molar-refractivity contribution in [1.29, 1.82) is 0 Å². The molecule has 1 amide bonds. The summed E-state index contributed by atoms with van der Waals surface area (Å²) in [5.74, 6) is 2.61. The number of rotatable bonds is 6. The average Bonchev–Trinajstić information content (AvgIpc) is 3.24. The summed E-state index contributed by atoms with van der Waals surface area (Å²) in [4.78, 5) is 19.2. The van der Waals surface area contributed by atoms with E-state index >= 15 is 0 Å². The van der Waals surface area contributed by atoms with E-state index in [1.807, 2.05) is 18.2 Å². The number of ether oxygens (including phenoxy) is 1. The summed E-state index contributed by atoms with van der Waals surface area (Å²) in [5, 5.41) is 6.94. The number of benzene rings is 1. The predicted molar refractivity (Wildman–Crippen MR) is 133 cm³/mol. The normalized spacial score (nSPS) is 21.0. The van der Waals surface area contributed by atoms with Crippen molar-refractivity contribution in [1.82, 2.24) is 15.5 Å². The summed E-state index contributed by atoms with van der Waals surface area (Å²) in [7, 11) is 3.50. The van der Waals surface area contributed by atoms with Crippen LogP contribution in [-0.2, 0) is 4.79 Å². The molecule has 1 aromatic rings.